The standard InChI is InChI=1S/C12H22N2O3/c1-12(2,3)17-11(16)13-8-9-6-4-5-7-10(15)14-9/h9H,4-8H2,1-3H3,(H,13,16)(H,14,15)/t9-/m0/s1. The van der Waals surface area contributed by atoms with Crippen molar-refractivity contribution < 1.29 is 14.3 Å². The maximum atomic E-state index is 11.4. The summed E-state index contributed by atoms with van der Waals surface area (Å²) >= 11 is 0. The van der Waals surface area contributed by atoms with Crippen LogP contribution in [0, 0.1) is 0 Å². The summed E-state index contributed by atoms with van der Waals surface area (Å²) in [5, 5.41) is 5.57. The van der Waals surface area contributed by atoms with Gasteiger partial charge in [0.2, 0.25) is 5.91 Å². The van der Waals surface area contributed by atoms with Crippen molar-refractivity contribution in [2.45, 2.75) is 58.1 Å². The van der Waals surface area contributed by atoms with E-state index in [9.17, 15) is 9.59 Å². The van der Waals surface area contributed by atoms with E-state index in [0.29, 0.717) is 13.0 Å². The maximum Gasteiger partial charge on any atom is 0.407 e. The van der Waals surface area contributed by atoms with Gasteiger partial charge >= 0.3 is 6.09 Å². The zero-order chi connectivity index (χ0) is 12.9. The molecule has 0 aliphatic carbocycles. The number of nitrogens with one attached hydrogen (secondary N) is 2. The summed E-state index contributed by atoms with van der Waals surface area (Å²) in [6, 6.07) is 0.0255. The molecular formula is C12H22N2O3. The molecule has 0 aromatic heterocycles. The molecular weight excluding hydrogens is 220 g/mol. The normalized spacial score (nSPS) is 21.4. The lowest BCUT2D eigenvalue weighted by Crippen LogP contribution is -2.43. The van der Waals surface area contributed by atoms with Crippen LogP contribution in [-0.4, -0.2) is 30.2 Å². The van der Waals surface area contributed by atoms with Crippen LogP contribution in [-0.2, 0) is 9.53 Å². The van der Waals surface area contributed by atoms with Crippen molar-refractivity contribution in [1.82, 2.24) is 10.6 Å². The summed E-state index contributed by atoms with van der Waals surface area (Å²) < 4.78 is 5.12. The number of rotatable bonds is 2. The van der Waals surface area contributed by atoms with Crippen LogP contribution < -0.4 is 10.6 Å². The van der Waals surface area contributed by atoms with Gasteiger partial charge in [-0.3, -0.25) is 4.79 Å². The fraction of sp³-hybridized carbons (Fsp3) is 0.833. The molecule has 17 heavy (non-hydrogen) atoms. The molecule has 5 nitrogen and oxygen atoms in total. The van der Waals surface area contributed by atoms with Gasteiger partial charge < -0.3 is 15.4 Å². The smallest absolute Gasteiger partial charge is 0.407 e. The molecule has 0 unspecified atom stereocenters. The van der Waals surface area contributed by atoms with Crippen molar-refractivity contribution >= 4 is 12.0 Å². The van der Waals surface area contributed by atoms with Crippen LogP contribution in [0.4, 0.5) is 4.79 Å². The SMILES string of the molecule is CC(C)(C)OC(=O)NC[C@@H]1CCCCC(=O)N1. The number of hydrogen-bond acceptors (Lipinski definition) is 3. The van der Waals surface area contributed by atoms with Crippen LogP contribution in [0.1, 0.15) is 46.5 Å². The van der Waals surface area contributed by atoms with Crippen molar-refractivity contribution in [2.75, 3.05) is 6.54 Å². The molecule has 0 bridgehead atoms. The van der Waals surface area contributed by atoms with Gasteiger partial charge in [-0.1, -0.05) is 6.42 Å². The van der Waals surface area contributed by atoms with Gasteiger partial charge in [0.15, 0.2) is 0 Å². The number of hydrogen-bond donors (Lipinski definition) is 2. The van der Waals surface area contributed by atoms with Crippen LogP contribution in [0.25, 0.3) is 0 Å². The quantitative estimate of drug-likeness (QED) is 0.772. The minimum absolute atomic E-state index is 0.0255. The lowest BCUT2D eigenvalue weighted by Gasteiger charge is -2.21. The van der Waals surface area contributed by atoms with Crippen LogP contribution in [0.3, 0.4) is 0 Å². The lowest BCUT2D eigenvalue weighted by molar-refractivity contribution is -0.121. The predicted octanol–water partition coefficient (Wildman–Crippen LogP) is 1.57. The Labute approximate surface area is 102 Å². The maximum absolute atomic E-state index is 11.4. The second-order valence-electron chi connectivity index (χ2n) is 5.39. The molecule has 0 spiro atoms. The number of alkyl carbamates (subject to hydrolysis) is 1. The van der Waals surface area contributed by atoms with Gasteiger partial charge in [-0.25, -0.2) is 4.79 Å². The molecule has 0 radical (unpaired) electrons. The highest BCUT2D eigenvalue weighted by atomic mass is 16.6. The minimum atomic E-state index is -0.489. The summed E-state index contributed by atoms with van der Waals surface area (Å²) in [5.74, 6) is 0.0680. The zero-order valence-corrected chi connectivity index (χ0v) is 10.8. The van der Waals surface area contributed by atoms with Gasteiger partial charge in [-0.05, 0) is 33.6 Å². The molecule has 2 amide bonds. The largest absolute Gasteiger partial charge is 0.444 e. The Kier molecular flexibility index (Phi) is 4.78. The molecule has 1 aliphatic rings. The number of carbonyl (C=O) groups is 2. The number of amides is 2. The third kappa shape index (κ3) is 6.14. The molecule has 1 rings (SSSR count). The Balaban J connectivity index is 2.29. The minimum Gasteiger partial charge on any atom is -0.444 e. The van der Waals surface area contributed by atoms with E-state index in [1.54, 1.807) is 0 Å². The van der Waals surface area contributed by atoms with Crippen molar-refractivity contribution in [3.8, 4) is 0 Å². The van der Waals surface area contributed by atoms with Crippen LogP contribution >= 0.6 is 0 Å². The van der Waals surface area contributed by atoms with Gasteiger partial charge in [0.25, 0.3) is 0 Å². The molecule has 1 aliphatic heterocycles. The van der Waals surface area contributed by atoms with E-state index in [1.807, 2.05) is 20.8 Å². The third-order valence-corrected chi connectivity index (χ3v) is 2.46. The van der Waals surface area contributed by atoms with E-state index in [2.05, 4.69) is 10.6 Å². The first-order valence-electron chi connectivity index (χ1n) is 6.13. The molecule has 1 heterocycles. The van der Waals surface area contributed by atoms with Crippen LogP contribution in [0.2, 0.25) is 0 Å². The molecule has 98 valence electrons. The van der Waals surface area contributed by atoms with Gasteiger partial charge in [-0.2, -0.15) is 0 Å². The second-order valence-corrected chi connectivity index (χ2v) is 5.39. The predicted molar refractivity (Wildman–Crippen MR) is 64.6 cm³/mol. The first-order chi connectivity index (χ1) is 7.87. The second kappa shape index (κ2) is 5.89. The topological polar surface area (TPSA) is 67.4 Å². The van der Waals surface area contributed by atoms with Gasteiger partial charge in [0, 0.05) is 19.0 Å². The first-order valence-corrected chi connectivity index (χ1v) is 6.13. The fourth-order valence-corrected chi connectivity index (χ4v) is 1.72. The monoisotopic (exact) mass is 242 g/mol. The van der Waals surface area contributed by atoms with Gasteiger partial charge in [0.1, 0.15) is 5.60 Å². The summed E-state index contributed by atoms with van der Waals surface area (Å²) in [6.45, 7) is 5.89. The third-order valence-electron chi connectivity index (χ3n) is 2.46. The average molecular weight is 242 g/mol. The van der Waals surface area contributed by atoms with E-state index in [-0.39, 0.29) is 11.9 Å². The first kappa shape index (κ1) is 13.8. The highest BCUT2D eigenvalue weighted by Crippen LogP contribution is 2.09. The Bertz CT molecular complexity index is 284. The Morgan fingerprint density at radius 2 is 2.18 bits per heavy atom. The van der Waals surface area contributed by atoms with Crippen molar-refractivity contribution in [3.63, 3.8) is 0 Å². The molecule has 1 fully saturated rings. The molecule has 0 aromatic carbocycles. The van der Waals surface area contributed by atoms with Gasteiger partial charge in [-0.15, -0.1) is 0 Å². The molecule has 0 aromatic rings. The lowest BCUT2D eigenvalue weighted by atomic mass is 10.1. The summed E-state index contributed by atoms with van der Waals surface area (Å²) in [4.78, 5) is 22.7. The van der Waals surface area contributed by atoms with Crippen LogP contribution in [0.5, 0.6) is 0 Å². The van der Waals surface area contributed by atoms with Gasteiger partial charge in [0.05, 0.1) is 0 Å². The molecule has 5 heteroatoms. The van der Waals surface area contributed by atoms with Crippen LogP contribution in [0.15, 0.2) is 0 Å². The van der Waals surface area contributed by atoms with E-state index in [4.69, 9.17) is 4.74 Å². The average Bonchev–Trinajstić information content (AvgIpc) is 2.37. The number of ether oxygens (including phenoxy) is 1. The highest BCUT2D eigenvalue weighted by Gasteiger charge is 2.19. The summed E-state index contributed by atoms with van der Waals surface area (Å²) in [6.07, 6.45) is 2.99. The molecule has 1 saturated heterocycles. The molecule has 2 N–H and O–H groups in total. The Morgan fingerprint density at radius 1 is 1.47 bits per heavy atom. The fourth-order valence-electron chi connectivity index (χ4n) is 1.72. The number of carbonyl (C=O) groups excluding carboxylic acids is 2. The van der Waals surface area contributed by atoms with E-state index in [1.165, 1.54) is 0 Å². The Morgan fingerprint density at radius 3 is 2.82 bits per heavy atom. The molecule has 1 atom stereocenters. The zero-order valence-electron chi connectivity index (χ0n) is 10.8. The van der Waals surface area contributed by atoms with E-state index < -0.39 is 11.7 Å². The van der Waals surface area contributed by atoms with Crippen molar-refractivity contribution in [2.24, 2.45) is 0 Å². The van der Waals surface area contributed by atoms with Crippen molar-refractivity contribution in [3.05, 3.63) is 0 Å². The Hall–Kier alpha value is -1.26. The van der Waals surface area contributed by atoms with E-state index in [0.717, 1.165) is 19.3 Å². The highest BCUT2D eigenvalue weighted by molar-refractivity contribution is 5.76. The molecule has 0 saturated carbocycles. The van der Waals surface area contributed by atoms with Crippen molar-refractivity contribution in [1.29, 1.82) is 0 Å². The summed E-state index contributed by atoms with van der Waals surface area (Å²) in [7, 11) is 0. The summed E-state index contributed by atoms with van der Waals surface area (Å²) in [5.41, 5.74) is -0.489. The van der Waals surface area contributed by atoms with E-state index >= 15 is 0 Å².